The van der Waals surface area contributed by atoms with Crippen molar-refractivity contribution >= 4 is 6.03 Å². The van der Waals surface area contributed by atoms with Gasteiger partial charge in [0.1, 0.15) is 0 Å². The van der Waals surface area contributed by atoms with Crippen molar-refractivity contribution in [1.29, 1.82) is 0 Å². The summed E-state index contributed by atoms with van der Waals surface area (Å²) in [5.41, 5.74) is 1.08. The second-order valence-electron chi connectivity index (χ2n) is 4.55. The van der Waals surface area contributed by atoms with Crippen LogP contribution in [-0.4, -0.2) is 34.4 Å². The molecule has 7 nitrogen and oxygen atoms in total. The molecule has 0 bridgehead atoms. The highest BCUT2D eigenvalue weighted by molar-refractivity contribution is 5.74. The molecule has 0 aliphatic carbocycles. The lowest BCUT2D eigenvalue weighted by molar-refractivity contribution is 0.230. The van der Waals surface area contributed by atoms with Gasteiger partial charge in [0.25, 0.3) is 0 Å². The summed E-state index contributed by atoms with van der Waals surface area (Å²) in [5, 5.41) is 17.7. The molecule has 1 unspecified atom stereocenters. The highest BCUT2D eigenvalue weighted by atomic mass is 16.5. The molecule has 2 amide bonds. The van der Waals surface area contributed by atoms with Crippen molar-refractivity contribution in [3.05, 3.63) is 47.6 Å². The maximum absolute atomic E-state index is 11.5. The van der Waals surface area contributed by atoms with Crippen molar-refractivity contribution in [3.63, 3.8) is 0 Å². The van der Waals surface area contributed by atoms with E-state index in [0.29, 0.717) is 18.1 Å². The highest BCUT2D eigenvalue weighted by Gasteiger charge is 2.15. The van der Waals surface area contributed by atoms with E-state index < -0.39 is 0 Å². The number of nitrogens with zero attached hydrogens (tertiary/aromatic N) is 2. The lowest BCUT2D eigenvalue weighted by Crippen LogP contribution is -2.38. The van der Waals surface area contributed by atoms with E-state index in [0.717, 1.165) is 5.56 Å². The molecule has 21 heavy (non-hydrogen) atoms. The molecule has 0 radical (unpaired) electrons. The van der Waals surface area contributed by atoms with E-state index in [4.69, 9.17) is 9.63 Å². The monoisotopic (exact) mass is 290 g/mol. The Morgan fingerprint density at radius 1 is 1.38 bits per heavy atom. The fourth-order valence-corrected chi connectivity index (χ4v) is 1.77. The number of nitrogens with one attached hydrogen (secondary N) is 2. The van der Waals surface area contributed by atoms with Crippen molar-refractivity contribution in [2.24, 2.45) is 0 Å². The molecule has 2 rings (SSSR count). The van der Waals surface area contributed by atoms with Crippen LogP contribution in [0.2, 0.25) is 0 Å². The zero-order chi connectivity index (χ0) is 15.1. The molecular weight excluding hydrogens is 272 g/mol. The van der Waals surface area contributed by atoms with E-state index in [-0.39, 0.29) is 25.2 Å². The molecule has 1 atom stereocenters. The molecule has 1 aromatic heterocycles. The SMILES string of the molecule is CC(NC(=O)NCCO)c1noc(Cc2ccccc2)n1. The van der Waals surface area contributed by atoms with Gasteiger partial charge in [0.15, 0.2) is 5.82 Å². The normalized spacial score (nSPS) is 11.9. The minimum absolute atomic E-state index is 0.106. The van der Waals surface area contributed by atoms with Crippen molar-refractivity contribution in [3.8, 4) is 0 Å². The van der Waals surface area contributed by atoms with Crippen LogP contribution in [0.25, 0.3) is 0 Å². The molecule has 2 aromatic rings. The quantitative estimate of drug-likeness (QED) is 0.737. The number of hydrogen-bond acceptors (Lipinski definition) is 5. The molecule has 112 valence electrons. The van der Waals surface area contributed by atoms with Crippen LogP contribution >= 0.6 is 0 Å². The molecule has 0 aliphatic heterocycles. The number of hydrogen-bond donors (Lipinski definition) is 3. The summed E-state index contributed by atoms with van der Waals surface area (Å²) in [5.74, 6) is 0.917. The fraction of sp³-hybridized carbons (Fsp3) is 0.357. The van der Waals surface area contributed by atoms with Crippen LogP contribution in [0.1, 0.15) is 30.2 Å². The van der Waals surface area contributed by atoms with Gasteiger partial charge in [-0.15, -0.1) is 0 Å². The Kier molecular flexibility index (Phi) is 5.28. The maximum Gasteiger partial charge on any atom is 0.315 e. The predicted octanol–water partition coefficient (Wildman–Crippen LogP) is 1.01. The van der Waals surface area contributed by atoms with Crippen LogP contribution in [0.5, 0.6) is 0 Å². The fourth-order valence-electron chi connectivity index (χ4n) is 1.77. The molecular formula is C14H18N4O3. The smallest absolute Gasteiger partial charge is 0.315 e. The van der Waals surface area contributed by atoms with Crippen LogP contribution in [0, 0.1) is 0 Å². The Bertz CT molecular complexity index is 571. The Labute approximate surface area is 122 Å². The summed E-state index contributed by atoms with van der Waals surface area (Å²) in [6, 6.07) is 9.04. The van der Waals surface area contributed by atoms with Crippen LogP contribution in [0.3, 0.4) is 0 Å². The number of carbonyl (C=O) groups is 1. The van der Waals surface area contributed by atoms with Gasteiger partial charge in [0.2, 0.25) is 5.89 Å². The van der Waals surface area contributed by atoms with Gasteiger partial charge in [-0.2, -0.15) is 4.98 Å². The van der Waals surface area contributed by atoms with Crippen molar-refractivity contribution < 1.29 is 14.4 Å². The van der Waals surface area contributed by atoms with Gasteiger partial charge < -0.3 is 20.3 Å². The average molecular weight is 290 g/mol. The summed E-state index contributed by atoms with van der Waals surface area (Å²) >= 11 is 0. The number of rotatable bonds is 6. The first-order valence-corrected chi connectivity index (χ1v) is 6.70. The maximum atomic E-state index is 11.5. The van der Waals surface area contributed by atoms with Gasteiger partial charge in [-0.25, -0.2) is 4.79 Å². The molecule has 3 N–H and O–H groups in total. The first kappa shape index (κ1) is 15.0. The van der Waals surface area contributed by atoms with Crippen molar-refractivity contribution in [1.82, 2.24) is 20.8 Å². The lowest BCUT2D eigenvalue weighted by Gasteiger charge is -2.10. The number of benzene rings is 1. The highest BCUT2D eigenvalue weighted by Crippen LogP contribution is 2.11. The van der Waals surface area contributed by atoms with E-state index in [9.17, 15) is 4.79 Å². The zero-order valence-electron chi connectivity index (χ0n) is 11.7. The number of aliphatic hydroxyl groups is 1. The van der Waals surface area contributed by atoms with Crippen LogP contribution < -0.4 is 10.6 Å². The minimum Gasteiger partial charge on any atom is -0.395 e. The minimum atomic E-state index is -0.383. The van der Waals surface area contributed by atoms with Gasteiger partial charge in [0.05, 0.1) is 19.1 Å². The molecule has 1 heterocycles. The van der Waals surface area contributed by atoms with Crippen LogP contribution in [-0.2, 0) is 6.42 Å². The standard InChI is InChI=1S/C14H18N4O3/c1-10(16-14(20)15-7-8-19)13-17-12(21-18-13)9-11-5-3-2-4-6-11/h2-6,10,19H,7-9H2,1H3,(H2,15,16,20). The summed E-state index contributed by atoms with van der Waals surface area (Å²) in [4.78, 5) is 15.7. The number of carbonyl (C=O) groups excluding carboxylic acids is 1. The molecule has 0 fully saturated rings. The third-order valence-electron chi connectivity index (χ3n) is 2.81. The first-order chi connectivity index (χ1) is 10.2. The molecule has 1 aromatic carbocycles. The van der Waals surface area contributed by atoms with E-state index in [1.165, 1.54) is 0 Å². The van der Waals surface area contributed by atoms with E-state index in [2.05, 4.69) is 20.8 Å². The largest absolute Gasteiger partial charge is 0.395 e. The zero-order valence-corrected chi connectivity index (χ0v) is 11.7. The number of aromatic nitrogens is 2. The Hall–Kier alpha value is -2.41. The first-order valence-electron chi connectivity index (χ1n) is 6.70. The van der Waals surface area contributed by atoms with Crippen LogP contribution in [0.15, 0.2) is 34.9 Å². The summed E-state index contributed by atoms with van der Waals surface area (Å²) in [7, 11) is 0. The van der Waals surface area contributed by atoms with E-state index in [1.807, 2.05) is 30.3 Å². The average Bonchev–Trinajstić information content (AvgIpc) is 2.95. The van der Waals surface area contributed by atoms with Gasteiger partial charge in [-0.1, -0.05) is 35.5 Å². The number of urea groups is 1. The number of amides is 2. The van der Waals surface area contributed by atoms with Crippen molar-refractivity contribution in [2.75, 3.05) is 13.2 Å². The van der Waals surface area contributed by atoms with Gasteiger partial charge in [-0.05, 0) is 12.5 Å². The Morgan fingerprint density at radius 3 is 2.86 bits per heavy atom. The molecule has 0 spiro atoms. The molecule has 0 aliphatic rings. The number of aliphatic hydroxyl groups excluding tert-OH is 1. The second kappa shape index (κ2) is 7.39. The topological polar surface area (TPSA) is 100 Å². The predicted molar refractivity (Wildman–Crippen MR) is 75.6 cm³/mol. The Balaban J connectivity index is 1.91. The molecule has 0 saturated heterocycles. The summed E-state index contributed by atoms with van der Waals surface area (Å²) in [6.45, 7) is 1.85. The molecule has 7 heteroatoms. The third-order valence-corrected chi connectivity index (χ3v) is 2.81. The van der Waals surface area contributed by atoms with Gasteiger partial charge >= 0.3 is 6.03 Å². The second-order valence-corrected chi connectivity index (χ2v) is 4.55. The lowest BCUT2D eigenvalue weighted by atomic mass is 10.1. The van der Waals surface area contributed by atoms with Gasteiger partial charge in [-0.3, -0.25) is 0 Å². The summed E-state index contributed by atoms with van der Waals surface area (Å²) < 4.78 is 5.18. The van der Waals surface area contributed by atoms with Crippen molar-refractivity contribution in [2.45, 2.75) is 19.4 Å². The van der Waals surface area contributed by atoms with Crippen LogP contribution in [0.4, 0.5) is 4.79 Å². The molecule has 0 saturated carbocycles. The Morgan fingerprint density at radius 2 is 2.14 bits per heavy atom. The summed E-state index contributed by atoms with van der Waals surface area (Å²) in [6.07, 6.45) is 0.553. The third kappa shape index (κ3) is 4.57. The van der Waals surface area contributed by atoms with Gasteiger partial charge in [0, 0.05) is 6.54 Å². The van der Waals surface area contributed by atoms with E-state index >= 15 is 0 Å². The van der Waals surface area contributed by atoms with E-state index in [1.54, 1.807) is 6.92 Å².